The molecule has 122 valence electrons. The maximum atomic E-state index is 12.0. The smallest absolute Gasteiger partial charge is 0.237 e. The number of likely N-dealkylation sites (N-methyl/N-ethyl adjacent to an activating group) is 1. The van der Waals surface area contributed by atoms with E-state index in [-0.39, 0.29) is 18.0 Å². The maximum absolute atomic E-state index is 12.0. The summed E-state index contributed by atoms with van der Waals surface area (Å²) in [4.78, 5) is 18.1. The van der Waals surface area contributed by atoms with Crippen molar-refractivity contribution in [1.29, 1.82) is 0 Å². The largest absolute Gasteiger partial charge is 0.358 e. The molecule has 2 aliphatic heterocycles. The van der Waals surface area contributed by atoms with Crippen molar-refractivity contribution in [3.05, 3.63) is 21.9 Å². The van der Waals surface area contributed by atoms with Crippen LogP contribution in [0.3, 0.4) is 0 Å². The van der Waals surface area contributed by atoms with Gasteiger partial charge in [-0.25, -0.2) is 0 Å². The van der Waals surface area contributed by atoms with Crippen LogP contribution in [0.25, 0.3) is 0 Å². The molecule has 0 saturated carbocycles. The van der Waals surface area contributed by atoms with Gasteiger partial charge in [0.1, 0.15) is 0 Å². The number of hydrogen-bond donors (Lipinski definition) is 2. The number of hydrogen-bond acceptors (Lipinski definition) is 5. The number of likely N-dealkylation sites (tertiary alicyclic amines) is 2. The van der Waals surface area contributed by atoms with E-state index in [1.54, 1.807) is 18.4 Å². The van der Waals surface area contributed by atoms with Crippen LogP contribution in [0.2, 0.25) is 0 Å². The first-order chi connectivity index (χ1) is 10.7. The van der Waals surface area contributed by atoms with E-state index in [1.807, 2.05) is 0 Å². The second-order valence-corrected chi connectivity index (χ2v) is 7.46. The Morgan fingerprint density at radius 2 is 2.18 bits per heavy atom. The minimum atomic E-state index is -0.0795. The fourth-order valence-electron chi connectivity index (χ4n) is 3.54. The van der Waals surface area contributed by atoms with Crippen LogP contribution in [0.1, 0.15) is 29.7 Å². The van der Waals surface area contributed by atoms with E-state index in [1.165, 1.54) is 36.4 Å². The van der Waals surface area contributed by atoms with E-state index >= 15 is 0 Å². The van der Waals surface area contributed by atoms with Gasteiger partial charge in [0.05, 0.1) is 6.04 Å². The van der Waals surface area contributed by atoms with Gasteiger partial charge in [-0.15, -0.1) is 11.3 Å². The molecule has 1 amide bonds. The number of nitrogens with one attached hydrogen (secondary N) is 1. The van der Waals surface area contributed by atoms with Gasteiger partial charge >= 0.3 is 0 Å². The lowest BCUT2D eigenvalue weighted by atomic mass is 10.1. The molecule has 0 radical (unpaired) electrons. The summed E-state index contributed by atoms with van der Waals surface area (Å²) in [5, 5.41) is 5.02. The Kier molecular flexibility index (Phi) is 5.13. The van der Waals surface area contributed by atoms with Crippen molar-refractivity contribution in [3.8, 4) is 0 Å². The third-order valence-electron chi connectivity index (χ3n) is 4.66. The van der Waals surface area contributed by atoms with Crippen molar-refractivity contribution in [2.75, 3.05) is 26.7 Å². The molecular formula is C16H26N4OS. The molecule has 0 aliphatic carbocycles. The second-order valence-electron chi connectivity index (χ2n) is 6.46. The number of nitrogens with zero attached hydrogens (tertiary/aromatic N) is 2. The molecule has 6 heteroatoms. The highest BCUT2D eigenvalue weighted by molar-refractivity contribution is 7.10. The molecule has 1 aromatic rings. The monoisotopic (exact) mass is 322 g/mol. The van der Waals surface area contributed by atoms with Gasteiger partial charge in [0.15, 0.2) is 0 Å². The van der Waals surface area contributed by atoms with Crippen LogP contribution in [0, 0.1) is 0 Å². The lowest BCUT2D eigenvalue weighted by Gasteiger charge is -2.22. The summed E-state index contributed by atoms with van der Waals surface area (Å²) in [7, 11) is 1.70. The van der Waals surface area contributed by atoms with E-state index in [0.717, 1.165) is 26.1 Å². The fourth-order valence-corrected chi connectivity index (χ4v) is 4.45. The summed E-state index contributed by atoms with van der Waals surface area (Å²) in [6.45, 7) is 5.15. The van der Waals surface area contributed by atoms with Crippen molar-refractivity contribution < 1.29 is 4.79 Å². The number of carbonyl (C=O) groups is 1. The molecule has 0 unspecified atom stereocenters. The van der Waals surface area contributed by atoms with Gasteiger partial charge in [-0.2, -0.15) is 0 Å². The van der Waals surface area contributed by atoms with Gasteiger partial charge in [0, 0.05) is 37.6 Å². The molecule has 5 nitrogen and oxygen atoms in total. The average molecular weight is 322 g/mol. The first-order valence-corrected chi connectivity index (χ1v) is 9.03. The Labute approximate surface area is 136 Å². The first kappa shape index (κ1) is 15.9. The topological polar surface area (TPSA) is 61.6 Å². The van der Waals surface area contributed by atoms with Crippen LogP contribution in [0.5, 0.6) is 0 Å². The van der Waals surface area contributed by atoms with Crippen molar-refractivity contribution in [1.82, 2.24) is 15.1 Å². The number of thiophene rings is 1. The van der Waals surface area contributed by atoms with Gasteiger partial charge < -0.3 is 11.1 Å². The zero-order valence-corrected chi connectivity index (χ0v) is 14.1. The Morgan fingerprint density at radius 3 is 2.91 bits per heavy atom. The Bertz CT molecular complexity index is 512. The molecule has 0 bridgehead atoms. The van der Waals surface area contributed by atoms with E-state index in [4.69, 9.17) is 5.73 Å². The maximum Gasteiger partial charge on any atom is 0.237 e. The van der Waals surface area contributed by atoms with Gasteiger partial charge in [0.25, 0.3) is 0 Å². The molecule has 3 N–H and O–H groups in total. The molecular weight excluding hydrogens is 296 g/mol. The van der Waals surface area contributed by atoms with Gasteiger partial charge in [-0.3, -0.25) is 14.6 Å². The first-order valence-electron chi connectivity index (χ1n) is 8.15. The molecule has 0 spiro atoms. The third kappa shape index (κ3) is 3.68. The average Bonchev–Trinajstić information content (AvgIpc) is 3.22. The van der Waals surface area contributed by atoms with Crippen LogP contribution >= 0.6 is 11.3 Å². The summed E-state index contributed by atoms with van der Waals surface area (Å²) in [6.07, 6.45) is 3.42. The molecule has 2 atom stereocenters. The highest BCUT2D eigenvalue weighted by Gasteiger charge is 2.34. The summed E-state index contributed by atoms with van der Waals surface area (Å²) in [5.74, 6) is 0.0850. The molecule has 3 heterocycles. The van der Waals surface area contributed by atoms with Gasteiger partial charge in [-0.05, 0) is 49.4 Å². The summed E-state index contributed by atoms with van der Waals surface area (Å²) in [6, 6.07) is 2.32. The van der Waals surface area contributed by atoms with E-state index in [0.29, 0.717) is 0 Å². The number of nitrogens with two attached hydrogens (primary N) is 1. The van der Waals surface area contributed by atoms with Crippen LogP contribution in [-0.4, -0.2) is 54.5 Å². The summed E-state index contributed by atoms with van der Waals surface area (Å²) in [5.41, 5.74) is 7.46. The third-order valence-corrected chi connectivity index (χ3v) is 5.63. The van der Waals surface area contributed by atoms with Crippen LogP contribution in [0.15, 0.2) is 11.4 Å². The predicted octanol–water partition coefficient (Wildman–Crippen LogP) is 0.992. The van der Waals surface area contributed by atoms with Gasteiger partial charge in [-0.1, -0.05) is 0 Å². The Balaban J connectivity index is 1.60. The molecule has 2 fully saturated rings. The zero-order valence-electron chi connectivity index (χ0n) is 13.3. The number of amides is 1. The summed E-state index contributed by atoms with van der Waals surface area (Å²) < 4.78 is 0. The molecule has 2 aliphatic rings. The molecule has 3 rings (SSSR count). The van der Waals surface area contributed by atoms with E-state index in [9.17, 15) is 4.79 Å². The quantitative estimate of drug-likeness (QED) is 0.849. The van der Waals surface area contributed by atoms with E-state index in [2.05, 4.69) is 26.6 Å². The van der Waals surface area contributed by atoms with Crippen molar-refractivity contribution >= 4 is 17.2 Å². The van der Waals surface area contributed by atoms with Crippen molar-refractivity contribution in [2.45, 2.75) is 44.4 Å². The SMILES string of the molecule is CNC(=O)[C@@H]1C[C@@H](N)CN1Cc1cc(CN2CCCC2)cs1. The Morgan fingerprint density at radius 1 is 1.41 bits per heavy atom. The summed E-state index contributed by atoms with van der Waals surface area (Å²) >= 11 is 1.80. The second kappa shape index (κ2) is 7.08. The van der Waals surface area contributed by atoms with Crippen LogP contribution in [-0.2, 0) is 17.9 Å². The standard InChI is InChI=1S/C16H26N4OS/c1-18-16(21)15-7-13(17)9-20(15)10-14-6-12(11-22-14)8-19-4-2-3-5-19/h6,11,13,15H,2-5,7-10,17H2,1H3,(H,18,21)/t13-,15+/m1/s1. The predicted molar refractivity (Wildman–Crippen MR) is 89.7 cm³/mol. The number of rotatable bonds is 5. The fraction of sp³-hybridized carbons (Fsp3) is 0.688. The zero-order chi connectivity index (χ0) is 15.5. The lowest BCUT2D eigenvalue weighted by Crippen LogP contribution is -2.41. The molecule has 1 aromatic heterocycles. The van der Waals surface area contributed by atoms with Crippen molar-refractivity contribution in [2.24, 2.45) is 5.73 Å². The Hall–Kier alpha value is -0.950. The molecule has 22 heavy (non-hydrogen) atoms. The minimum absolute atomic E-state index is 0.0795. The number of carbonyl (C=O) groups excluding carboxylic acids is 1. The highest BCUT2D eigenvalue weighted by atomic mass is 32.1. The highest BCUT2D eigenvalue weighted by Crippen LogP contribution is 2.24. The van der Waals surface area contributed by atoms with Crippen molar-refractivity contribution in [3.63, 3.8) is 0 Å². The van der Waals surface area contributed by atoms with Gasteiger partial charge in [0.2, 0.25) is 5.91 Å². The normalized spacial score (nSPS) is 26.6. The van der Waals surface area contributed by atoms with Crippen LogP contribution in [0.4, 0.5) is 0 Å². The van der Waals surface area contributed by atoms with E-state index < -0.39 is 0 Å². The van der Waals surface area contributed by atoms with Crippen LogP contribution < -0.4 is 11.1 Å². The lowest BCUT2D eigenvalue weighted by molar-refractivity contribution is -0.125. The molecule has 2 saturated heterocycles. The minimum Gasteiger partial charge on any atom is -0.358 e. The molecule has 0 aromatic carbocycles.